The molecule has 0 amide bonds. The van der Waals surface area contributed by atoms with Gasteiger partial charge in [-0.1, -0.05) is 130 Å². The van der Waals surface area contributed by atoms with Crippen LogP contribution >= 0.6 is 0 Å². The van der Waals surface area contributed by atoms with E-state index in [0.29, 0.717) is 0 Å². The van der Waals surface area contributed by atoms with Crippen LogP contribution in [0, 0.1) is 12.1 Å². The molecule has 0 atom stereocenters. The van der Waals surface area contributed by atoms with E-state index in [-0.39, 0.29) is 20.1 Å². The molecule has 0 aliphatic rings. The second-order valence-electron chi connectivity index (χ2n) is 13.3. The molecular weight excluding hydrogens is 781 g/mol. The molecule has 48 heavy (non-hydrogen) atoms. The molecule has 0 saturated heterocycles. The molecule has 3 nitrogen and oxygen atoms in total. The zero-order valence-corrected chi connectivity index (χ0v) is 32.0. The molecule has 0 spiro atoms. The second-order valence-corrected chi connectivity index (χ2v) is 18.4. The van der Waals surface area contributed by atoms with Crippen LogP contribution in [0.5, 0.6) is 0 Å². The summed E-state index contributed by atoms with van der Waals surface area (Å²) in [7, 11) is -1.23. The average molecular weight is 825 g/mol. The molecule has 0 aliphatic carbocycles. The first kappa shape index (κ1) is 32.4. The van der Waals surface area contributed by atoms with Crippen LogP contribution in [0.2, 0.25) is 19.6 Å². The summed E-state index contributed by atoms with van der Waals surface area (Å²) in [5.41, 5.74) is 8.96. The monoisotopic (exact) mass is 825 g/mol. The van der Waals surface area contributed by atoms with Crippen molar-refractivity contribution < 1.29 is 27.3 Å². The van der Waals surface area contributed by atoms with Crippen molar-refractivity contribution in [3.63, 3.8) is 0 Å². The third kappa shape index (κ3) is 7.60. The summed E-state index contributed by atoms with van der Waals surface area (Å²) in [6.07, 6.45) is 3.76. The molecule has 4 aromatic carbocycles. The van der Waals surface area contributed by atoms with E-state index in [9.17, 15) is 0 Å². The van der Waals surface area contributed by atoms with Gasteiger partial charge in [0.25, 0.3) is 0 Å². The van der Waals surface area contributed by atoms with Crippen molar-refractivity contribution in [2.45, 2.75) is 59.1 Å². The van der Waals surface area contributed by atoms with E-state index in [0.717, 1.165) is 66.7 Å². The SMILES string of the molecule is C[Si](C)(C)c1ccc(-c2[c-]cccc2)nc1.[2H]C(C)(C)c1ccnc(-c2[c-]cc(-c3ccccc3)c3c2oc2cc(C([2H])(C)C)ccc23)c1.[Ir]. The summed E-state index contributed by atoms with van der Waals surface area (Å²) < 4.78 is 23.3. The number of hydrogen-bond donors (Lipinski definition) is 0. The van der Waals surface area contributed by atoms with E-state index < -0.39 is 19.9 Å². The van der Waals surface area contributed by atoms with E-state index in [1.165, 1.54) is 5.19 Å². The van der Waals surface area contributed by atoms with Gasteiger partial charge >= 0.3 is 0 Å². The Kier molecular flexibility index (Phi) is 10.1. The molecule has 7 aromatic rings. The third-order valence-electron chi connectivity index (χ3n) is 8.42. The van der Waals surface area contributed by atoms with Crippen molar-refractivity contribution in [1.29, 1.82) is 0 Å². The van der Waals surface area contributed by atoms with Crippen molar-refractivity contribution in [2.24, 2.45) is 0 Å². The van der Waals surface area contributed by atoms with Crippen LogP contribution in [0.4, 0.5) is 0 Å². The van der Waals surface area contributed by atoms with Crippen molar-refractivity contribution in [1.82, 2.24) is 9.97 Å². The number of furan rings is 1. The van der Waals surface area contributed by atoms with E-state index >= 15 is 0 Å². The summed E-state index contributed by atoms with van der Waals surface area (Å²) >= 11 is 0. The summed E-state index contributed by atoms with van der Waals surface area (Å²) in [5.74, 6) is -1.46. The minimum absolute atomic E-state index is 0. The Morgan fingerprint density at radius 3 is 2.12 bits per heavy atom. The molecule has 0 fully saturated rings. The average Bonchev–Trinajstić information content (AvgIpc) is 3.47. The third-order valence-corrected chi connectivity index (χ3v) is 10.4. The van der Waals surface area contributed by atoms with E-state index in [4.69, 9.17) is 7.16 Å². The molecule has 0 unspecified atom stereocenters. The Balaban J connectivity index is 0.000000241. The van der Waals surface area contributed by atoms with Crippen LogP contribution < -0.4 is 5.19 Å². The Morgan fingerprint density at radius 1 is 0.750 bits per heavy atom. The number of hydrogen-bond acceptors (Lipinski definition) is 3. The number of nitrogens with zero attached hydrogens (tertiary/aromatic N) is 2. The zero-order valence-electron chi connectivity index (χ0n) is 30.6. The van der Waals surface area contributed by atoms with Crippen LogP contribution in [0.15, 0.2) is 120 Å². The first-order valence-electron chi connectivity index (χ1n) is 17.1. The number of fused-ring (bicyclic) bond motifs is 3. The molecule has 245 valence electrons. The predicted molar refractivity (Wildman–Crippen MR) is 201 cm³/mol. The second kappa shape index (κ2) is 14.9. The minimum Gasteiger partial charge on any atom is -0.501 e. The van der Waals surface area contributed by atoms with Crippen LogP contribution in [0.1, 0.15) is 53.4 Å². The smallest absolute Gasteiger partial charge is 0.121 e. The van der Waals surface area contributed by atoms with Crippen LogP contribution in [-0.4, -0.2) is 18.0 Å². The summed E-state index contributed by atoms with van der Waals surface area (Å²) in [4.78, 5) is 9.12. The Labute approximate surface area is 302 Å². The van der Waals surface area contributed by atoms with Gasteiger partial charge in [0, 0.05) is 40.6 Å². The molecule has 0 saturated carbocycles. The maximum absolute atomic E-state index is 8.44. The van der Waals surface area contributed by atoms with Gasteiger partial charge in [0.2, 0.25) is 0 Å². The first-order chi connectivity index (χ1) is 23.2. The van der Waals surface area contributed by atoms with E-state index in [2.05, 4.69) is 72.1 Å². The number of pyridine rings is 2. The van der Waals surface area contributed by atoms with Gasteiger partial charge in [-0.25, -0.2) is 0 Å². The number of aromatic nitrogens is 2. The number of benzene rings is 4. The molecule has 0 aliphatic heterocycles. The molecule has 1 radical (unpaired) electrons. The summed E-state index contributed by atoms with van der Waals surface area (Å²) in [6.45, 7) is 14.5. The topological polar surface area (TPSA) is 38.9 Å². The summed E-state index contributed by atoms with van der Waals surface area (Å²) in [5, 5.41) is 3.41. The fourth-order valence-electron chi connectivity index (χ4n) is 5.60. The van der Waals surface area contributed by atoms with Crippen molar-refractivity contribution in [3.8, 4) is 33.6 Å². The fraction of sp³-hybridized carbons (Fsp3) is 0.209. The van der Waals surface area contributed by atoms with Gasteiger partial charge in [-0.15, -0.1) is 48.0 Å². The maximum atomic E-state index is 8.44. The Bertz CT molecular complexity index is 2220. The van der Waals surface area contributed by atoms with Crippen molar-refractivity contribution >= 4 is 35.2 Å². The molecule has 0 N–H and O–H groups in total. The molecule has 3 heterocycles. The molecule has 3 aromatic heterocycles. The quantitative estimate of drug-likeness (QED) is 0.124. The molecule has 0 bridgehead atoms. The van der Waals surface area contributed by atoms with Gasteiger partial charge in [0.1, 0.15) is 5.58 Å². The van der Waals surface area contributed by atoms with Crippen LogP contribution in [0.3, 0.4) is 0 Å². The molecule has 5 heteroatoms. The fourth-order valence-corrected chi connectivity index (χ4v) is 6.63. The van der Waals surface area contributed by atoms with Gasteiger partial charge < -0.3 is 14.4 Å². The van der Waals surface area contributed by atoms with Gasteiger partial charge in [-0.05, 0) is 51.4 Å². The van der Waals surface area contributed by atoms with E-state index in [1.54, 1.807) is 6.20 Å². The van der Waals surface area contributed by atoms with Crippen LogP contribution in [-0.2, 0) is 20.1 Å². The summed E-state index contributed by atoms with van der Waals surface area (Å²) in [6, 6.07) is 41.0. The van der Waals surface area contributed by atoms with Gasteiger partial charge in [-0.3, -0.25) is 0 Å². The first-order valence-corrected chi connectivity index (χ1v) is 19.6. The molecule has 7 rings (SSSR count). The largest absolute Gasteiger partial charge is 0.501 e. The molecular formula is C43H42IrN2OSi-2. The van der Waals surface area contributed by atoms with Gasteiger partial charge in [0.15, 0.2) is 0 Å². The predicted octanol–water partition coefficient (Wildman–Crippen LogP) is 11.5. The standard InChI is InChI=1S/C29H26NO.C14H16NSi.Ir/c1-18(2)21-10-11-25-27(17-21)31-29-24(26-16-22(19(3)4)14-15-30-26)13-12-23(28(25)29)20-8-6-5-7-9-20;1-16(2,3)13-9-10-14(15-11-13)12-7-5-4-6-8-12;/h5-12,14-19H,1-4H3;4-7,9-11H,1-3H3;/q2*-1;/i18D,19D;;. The minimum atomic E-state index is -1.23. The van der Waals surface area contributed by atoms with Gasteiger partial charge in [0.05, 0.1) is 13.7 Å². The maximum Gasteiger partial charge on any atom is 0.121 e. The van der Waals surface area contributed by atoms with Gasteiger partial charge in [-0.2, -0.15) is 0 Å². The van der Waals surface area contributed by atoms with E-state index in [1.807, 2.05) is 107 Å². The van der Waals surface area contributed by atoms with Crippen molar-refractivity contribution in [2.75, 3.05) is 0 Å². The van der Waals surface area contributed by atoms with Crippen LogP contribution in [0.25, 0.3) is 55.6 Å². The van der Waals surface area contributed by atoms with Crippen molar-refractivity contribution in [3.05, 3.63) is 139 Å². The number of rotatable bonds is 6. The normalized spacial score (nSPS) is 12.5. The Hall–Kier alpha value is -4.15. The zero-order chi connectivity index (χ0) is 35.0. The Morgan fingerprint density at radius 2 is 1.48 bits per heavy atom.